The Kier molecular flexibility index (Phi) is 14.3. The summed E-state index contributed by atoms with van der Waals surface area (Å²) in [6.45, 7) is 17.0. The Morgan fingerprint density at radius 3 is 2.18 bits per heavy atom. The number of nitrogen functional groups attached to an aromatic ring is 1. The molecule has 1 atom stereocenters. The fraction of sp³-hybridized carbons (Fsp3) is 0.511. The third-order valence-corrected chi connectivity index (χ3v) is 11.7. The fourth-order valence-electron chi connectivity index (χ4n) is 8.27. The van der Waals surface area contributed by atoms with Gasteiger partial charge in [-0.05, 0) is 96.1 Å². The molecular weight excluding hydrogens is 780 g/mol. The van der Waals surface area contributed by atoms with Crippen LogP contribution in [0, 0.1) is 11.7 Å². The lowest BCUT2D eigenvalue weighted by Gasteiger charge is -2.39. The van der Waals surface area contributed by atoms with Crippen LogP contribution in [0.3, 0.4) is 0 Å². The number of hydrogen-bond donors (Lipinski definition) is 2. The molecule has 0 unspecified atom stereocenters. The van der Waals surface area contributed by atoms with Crippen LogP contribution in [0.25, 0.3) is 11.3 Å². The van der Waals surface area contributed by atoms with E-state index in [1.54, 1.807) is 36.5 Å². The van der Waals surface area contributed by atoms with Crippen molar-refractivity contribution in [1.82, 2.24) is 39.3 Å². The van der Waals surface area contributed by atoms with Gasteiger partial charge in [0.25, 0.3) is 5.91 Å². The summed E-state index contributed by atoms with van der Waals surface area (Å²) in [6.07, 6.45) is 8.76. The molecule has 3 aliphatic rings. The van der Waals surface area contributed by atoms with Gasteiger partial charge >= 0.3 is 12.1 Å². The Labute approximate surface area is 357 Å². The summed E-state index contributed by atoms with van der Waals surface area (Å²) in [6, 6.07) is 14.1. The fourth-order valence-corrected chi connectivity index (χ4v) is 8.27. The highest BCUT2D eigenvalue weighted by Gasteiger charge is 2.30. The predicted molar refractivity (Wildman–Crippen MR) is 230 cm³/mol. The molecule has 0 saturated carbocycles. The molecule has 4 aromatic rings. The third kappa shape index (κ3) is 12.1. The van der Waals surface area contributed by atoms with Gasteiger partial charge in [0.1, 0.15) is 11.4 Å². The van der Waals surface area contributed by atoms with Crippen LogP contribution in [0.2, 0.25) is 0 Å². The first kappa shape index (κ1) is 43.6. The van der Waals surface area contributed by atoms with E-state index in [1.165, 1.54) is 30.5 Å². The van der Waals surface area contributed by atoms with Crippen molar-refractivity contribution in [3.8, 4) is 11.3 Å². The van der Waals surface area contributed by atoms with Gasteiger partial charge in [0.2, 0.25) is 6.10 Å². The van der Waals surface area contributed by atoms with Crippen LogP contribution < -0.4 is 11.1 Å². The van der Waals surface area contributed by atoms with Gasteiger partial charge in [0.05, 0.1) is 24.1 Å². The molecule has 16 heteroatoms. The Hall–Kier alpha value is -5.45. The highest BCUT2D eigenvalue weighted by molar-refractivity contribution is 5.99. The van der Waals surface area contributed by atoms with Crippen LogP contribution in [0.15, 0.2) is 73.2 Å². The number of nitrogens with zero attached hydrogens (tertiary/aromatic N) is 8. The number of carbonyl (C=O) groups is 3. The first-order chi connectivity index (χ1) is 29.4. The highest BCUT2D eigenvalue weighted by atomic mass is 19.1. The summed E-state index contributed by atoms with van der Waals surface area (Å²) in [7, 11) is 0. The van der Waals surface area contributed by atoms with Gasteiger partial charge in [-0.15, -0.1) is 0 Å². The van der Waals surface area contributed by atoms with Gasteiger partial charge in [-0.2, -0.15) is 5.10 Å². The summed E-state index contributed by atoms with van der Waals surface area (Å²) < 4.78 is 26.7. The number of piperazine rings is 1. The van der Waals surface area contributed by atoms with E-state index in [4.69, 9.17) is 15.2 Å². The second kappa shape index (κ2) is 19.9. The van der Waals surface area contributed by atoms with Crippen LogP contribution in [0.1, 0.15) is 81.1 Å². The van der Waals surface area contributed by atoms with E-state index < -0.39 is 29.4 Å². The van der Waals surface area contributed by atoms with Gasteiger partial charge in [-0.1, -0.05) is 30.3 Å². The van der Waals surface area contributed by atoms with Crippen molar-refractivity contribution in [2.24, 2.45) is 5.92 Å². The Balaban J connectivity index is 0.838. The van der Waals surface area contributed by atoms with E-state index in [0.29, 0.717) is 28.4 Å². The van der Waals surface area contributed by atoms with Crippen molar-refractivity contribution in [2.45, 2.75) is 70.6 Å². The topological polar surface area (TPSA) is 164 Å². The molecule has 2 aromatic heterocycles. The normalized spacial score (nSPS) is 18.1. The standard InChI is InChI=1S/C45H59FN10O5/c1-45(2,3)61-44(59)55-22-14-32(15-23-55)30-54-26-24-53(25-27-54)19-7-18-52-20-16-37(17-21-52)56-31-34(28-49-56)38-29-48-41(47)39(51-38)43(58)60-40(33-8-5-4-6-9-33)42(57)50-36-12-10-35(46)11-13-36/h4-6,8-13,28-29,31-32,37,40H,7,14-27,30H2,1-3H3,(H2,47,48)(H,50,57)/t40-/m1/s1. The summed E-state index contributed by atoms with van der Waals surface area (Å²) in [5.74, 6) is -1.48. The SMILES string of the molecule is CC(C)(C)OC(=O)N1CCC(CN2CCN(CCCN3CCC(n4cc(-c5cnc(N)c(C(=O)O[C@@H](C(=O)Nc6ccc(F)cc6)c6ccccc6)n5)cn4)CC3)CC2)CC1. The van der Waals surface area contributed by atoms with E-state index in [0.717, 1.165) is 104 Å². The van der Waals surface area contributed by atoms with Crippen LogP contribution in [-0.4, -0.2) is 135 Å². The van der Waals surface area contributed by atoms with E-state index >= 15 is 0 Å². The number of nitrogens with one attached hydrogen (secondary N) is 1. The zero-order valence-electron chi connectivity index (χ0n) is 35.5. The van der Waals surface area contributed by atoms with E-state index in [9.17, 15) is 18.8 Å². The van der Waals surface area contributed by atoms with Gasteiger partial charge in [0, 0.05) is 81.9 Å². The number of benzene rings is 2. The van der Waals surface area contributed by atoms with Crippen molar-refractivity contribution >= 4 is 29.5 Å². The lowest BCUT2D eigenvalue weighted by atomic mass is 9.96. The number of likely N-dealkylation sites (tertiary alicyclic amines) is 2. The molecule has 0 aliphatic carbocycles. The Bertz CT molecular complexity index is 2070. The molecule has 2 amide bonds. The third-order valence-electron chi connectivity index (χ3n) is 11.7. The maximum Gasteiger partial charge on any atom is 0.410 e. The second-order valence-corrected chi connectivity index (χ2v) is 17.4. The maximum absolute atomic E-state index is 13.5. The molecule has 5 heterocycles. The molecule has 15 nitrogen and oxygen atoms in total. The van der Waals surface area contributed by atoms with Gasteiger partial charge < -0.3 is 40.1 Å². The average molecular weight is 839 g/mol. The van der Waals surface area contributed by atoms with E-state index in [-0.39, 0.29) is 23.6 Å². The molecule has 326 valence electrons. The van der Waals surface area contributed by atoms with E-state index in [1.807, 2.05) is 36.5 Å². The monoisotopic (exact) mass is 838 g/mol. The summed E-state index contributed by atoms with van der Waals surface area (Å²) in [5.41, 5.74) is 7.30. The van der Waals surface area contributed by atoms with Crippen molar-refractivity contribution in [3.05, 3.63) is 90.3 Å². The second-order valence-electron chi connectivity index (χ2n) is 17.4. The first-order valence-corrected chi connectivity index (χ1v) is 21.5. The molecule has 7 rings (SSSR count). The zero-order chi connectivity index (χ0) is 42.9. The smallest absolute Gasteiger partial charge is 0.410 e. The van der Waals surface area contributed by atoms with Crippen LogP contribution in [0.4, 0.5) is 20.7 Å². The Morgan fingerprint density at radius 2 is 1.51 bits per heavy atom. The van der Waals surface area contributed by atoms with E-state index in [2.05, 4.69) is 35.1 Å². The number of aromatic nitrogens is 4. The molecule has 0 bridgehead atoms. The Morgan fingerprint density at radius 1 is 0.852 bits per heavy atom. The largest absolute Gasteiger partial charge is 0.444 e. The van der Waals surface area contributed by atoms with Crippen molar-refractivity contribution in [1.29, 1.82) is 0 Å². The molecule has 0 radical (unpaired) electrons. The molecule has 3 fully saturated rings. The lowest BCUT2D eigenvalue weighted by Crippen LogP contribution is -2.49. The minimum Gasteiger partial charge on any atom is -0.444 e. The highest BCUT2D eigenvalue weighted by Crippen LogP contribution is 2.28. The minimum atomic E-state index is -1.34. The number of carbonyl (C=O) groups excluding carboxylic acids is 3. The van der Waals surface area contributed by atoms with Crippen LogP contribution in [0.5, 0.6) is 0 Å². The number of hydrogen-bond acceptors (Lipinski definition) is 12. The van der Waals surface area contributed by atoms with Crippen LogP contribution >= 0.6 is 0 Å². The average Bonchev–Trinajstić information content (AvgIpc) is 3.75. The number of anilines is 2. The predicted octanol–water partition coefficient (Wildman–Crippen LogP) is 5.89. The van der Waals surface area contributed by atoms with Crippen molar-refractivity contribution in [3.63, 3.8) is 0 Å². The number of nitrogens with two attached hydrogens (primary N) is 1. The summed E-state index contributed by atoms with van der Waals surface area (Å²) >= 11 is 0. The molecule has 3 N–H and O–H groups in total. The number of halogens is 1. The number of rotatable bonds is 13. The molecular formula is C45H59FN10O5. The lowest BCUT2D eigenvalue weighted by molar-refractivity contribution is -0.125. The van der Waals surface area contributed by atoms with Gasteiger partial charge in [-0.3, -0.25) is 9.48 Å². The number of esters is 1. The van der Waals surface area contributed by atoms with Gasteiger partial charge in [0.15, 0.2) is 11.5 Å². The molecule has 3 saturated heterocycles. The molecule has 61 heavy (non-hydrogen) atoms. The summed E-state index contributed by atoms with van der Waals surface area (Å²) in [5, 5.41) is 7.34. The molecule has 3 aliphatic heterocycles. The van der Waals surface area contributed by atoms with Crippen LogP contribution in [-0.2, 0) is 14.3 Å². The number of ether oxygens (including phenoxy) is 2. The van der Waals surface area contributed by atoms with Gasteiger partial charge in [-0.25, -0.2) is 23.9 Å². The maximum atomic E-state index is 13.5. The molecule has 2 aromatic carbocycles. The summed E-state index contributed by atoms with van der Waals surface area (Å²) in [4.78, 5) is 57.7. The van der Waals surface area contributed by atoms with Crippen molar-refractivity contribution < 1.29 is 28.2 Å². The molecule has 0 spiro atoms. The number of amides is 2. The zero-order valence-corrected chi connectivity index (χ0v) is 35.5. The first-order valence-electron chi connectivity index (χ1n) is 21.5. The van der Waals surface area contributed by atoms with Crippen molar-refractivity contribution in [2.75, 3.05) is 83.0 Å². The minimum absolute atomic E-state index is 0.132. The number of piperidine rings is 2. The quantitative estimate of drug-likeness (QED) is 0.154.